The predicted molar refractivity (Wildman–Crippen MR) is 83.5 cm³/mol. The second-order valence-corrected chi connectivity index (χ2v) is 6.00. The minimum Gasteiger partial charge on any atom is -0.289 e. The Hall–Kier alpha value is -2.57. The van der Waals surface area contributed by atoms with Gasteiger partial charge in [-0.15, -0.1) is 0 Å². The molecule has 1 aliphatic rings. The lowest BCUT2D eigenvalue weighted by molar-refractivity contribution is -0.143. The minimum atomic E-state index is -4.92. The maximum Gasteiger partial charge on any atom is 0.416 e. The van der Waals surface area contributed by atoms with E-state index in [4.69, 9.17) is 0 Å². The van der Waals surface area contributed by atoms with Gasteiger partial charge >= 0.3 is 12.4 Å². The van der Waals surface area contributed by atoms with E-state index < -0.39 is 23.5 Å². The number of halogens is 6. The Morgan fingerprint density at radius 1 is 0.808 bits per heavy atom. The molecule has 0 spiro atoms. The van der Waals surface area contributed by atoms with E-state index in [9.17, 15) is 31.1 Å². The molecule has 1 nitrogen and oxygen atoms in total. The molecule has 0 amide bonds. The molecule has 0 aromatic heterocycles. The number of fused-ring (bicyclic) bond motifs is 1. The highest BCUT2D eigenvalue weighted by atomic mass is 19.4. The van der Waals surface area contributed by atoms with E-state index in [-0.39, 0.29) is 29.4 Å². The summed E-state index contributed by atoms with van der Waals surface area (Å²) < 4.78 is 77.6. The Bertz CT molecular complexity index is 857. The first-order valence-corrected chi connectivity index (χ1v) is 7.68. The summed E-state index contributed by atoms with van der Waals surface area (Å²) in [4.78, 5) is 12.5. The summed E-state index contributed by atoms with van der Waals surface area (Å²) in [6.07, 6.45) is -7.97. The van der Waals surface area contributed by atoms with Crippen LogP contribution in [-0.2, 0) is 18.8 Å². The number of carbonyl (C=O) groups is 1. The monoisotopic (exact) mass is 370 g/mol. The number of ketones is 1. The van der Waals surface area contributed by atoms with Gasteiger partial charge in [0.1, 0.15) is 0 Å². The number of hydrogen-bond acceptors (Lipinski definition) is 1. The molecule has 0 aliphatic heterocycles. The molecule has 2 aromatic rings. The molecule has 0 bridgehead atoms. The fourth-order valence-electron chi connectivity index (χ4n) is 2.92. The van der Waals surface area contributed by atoms with Crippen LogP contribution in [0.5, 0.6) is 0 Å². The third kappa shape index (κ3) is 3.66. The molecular weight excluding hydrogens is 358 g/mol. The number of aryl methyl sites for hydroxylation is 1. The number of carbonyl (C=O) groups excluding carboxylic acids is 1. The lowest BCUT2D eigenvalue weighted by atomic mass is 9.86. The fourth-order valence-corrected chi connectivity index (χ4v) is 2.92. The van der Waals surface area contributed by atoms with Crippen LogP contribution in [0.2, 0.25) is 0 Å². The van der Waals surface area contributed by atoms with E-state index in [1.807, 2.05) is 0 Å². The van der Waals surface area contributed by atoms with Gasteiger partial charge in [-0.2, -0.15) is 26.3 Å². The molecular formula is C19H12F6O. The maximum absolute atomic E-state index is 12.9. The summed E-state index contributed by atoms with van der Waals surface area (Å²) >= 11 is 0. The van der Waals surface area contributed by atoms with E-state index in [0.29, 0.717) is 24.1 Å². The number of benzene rings is 2. The number of hydrogen-bond donors (Lipinski definition) is 0. The number of alkyl halides is 6. The third-order valence-corrected chi connectivity index (χ3v) is 4.17. The van der Waals surface area contributed by atoms with Crippen molar-refractivity contribution in [2.75, 3.05) is 0 Å². The van der Waals surface area contributed by atoms with Crippen molar-refractivity contribution >= 4 is 11.9 Å². The van der Waals surface area contributed by atoms with Crippen LogP contribution in [0.1, 0.15) is 39.0 Å². The summed E-state index contributed by atoms with van der Waals surface area (Å²) in [5.74, 6) is -0.377. The van der Waals surface area contributed by atoms with Crippen molar-refractivity contribution in [3.05, 3.63) is 75.9 Å². The normalized spacial score (nSPS) is 16.7. The molecule has 0 radical (unpaired) electrons. The summed E-state index contributed by atoms with van der Waals surface area (Å²) in [5.41, 5.74) is -1.67. The molecule has 0 fully saturated rings. The van der Waals surface area contributed by atoms with Crippen LogP contribution in [0.3, 0.4) is 0 Å². The summed E-state index contributed by atoms with van der Waals surface area (Å²) in [6.45, 7) is 0. The van der Waals surface area contributed by atoms with Gasteiger partial charge in [-0.1, -0.05) is 24.3 Å². The van der Waals surface area contributed by atoms with Crippen molar-refractivity contribution in [2.24, 2.45) is 0 Å². The van der Waals surface area contributed by atoms with Crippen molar-refractivity contribution < 1.29 is 31.1 Å². The van der Waals surface area contributed by atoms with Gasteiger partial charge in [-0.25, -0.2) is 0 Å². The highest BCUT2D eigenvalue weighted by Gasteiger charge is 2.36. The van der Waals surface area contributed by atoms with Crippen molar-refractivity contribution in [3.63, 3.8) is 0 Å². The van der Waals surface area contributed by atoms with Crippen molar-refractivity contribution in [1.82, 2.24) is 0 Å². The molecule has 7 heteroatoms. The van der Waals surface area contributed by atoms with E-state index in [1.165, 1.54) is 0 Å². The second kappa shape index (κ2) is 6.30. The lowest BCUT2D eigenvalue weighted by Gasteiger charge is -2.18. The van der Waals surface area contributed by atoms with Crippen LogP contribution in [0, 0.1) is 0 Å². The molecule has 26 heavy (non-hydrogen) atoms. The highest BCUT2D eigenvalue weighted by Crippen LogP contribution is 2.37. The maximum atomic E-state index is 12.9. The molecule has 0 heterocycles. The molecule has 0 saturated heterocycles. The van der Waals surface area contributed by atoms with E-state index in [1.54, 1.807) is 24.3 Å². The average molecular weight is 370 g/mol. The Morgan fingerprint density at radius 3 is 1.96 bits per heavy atom. The van der Waals surface area contributed by atoms with Gasteiger partial charge in [0, 0.05) is 11.1 Å². The quantitative estimate of drug-likeness (QED) is 0.449. The van der Waals surface area contributed by atoms with Gasteiger partial charge in [0.05, 0.1) is 11.1 Å². The Balaban J connectivity index is 2.07. The second-order valence-electron chi connectivity index (χ2n) is 6.00. The van der Waals surface area contributed by atoms with Gasteiger partial charge in [0.2, 0.25) is 0 Å². The Morgan fingerprint density at radius 2 is 1.38 bits per heavy atom. The van der Waals surface area contributed by atoms with Gasteiger partial charge < -0.3 is 0 Å². The van der Waals surface area contributed by atoms with Crippen LogP contribution in [0.15, 0.2) is 48.0 Å². The smallest absolute Gasteiger partial charge is 0.289 e. The molecule has 2 aromatic carbocycles. The first kappa shape index (κ1) is 18.2. The van der Waals surface area contributed by atoms with E-state index in [2.05, 4.69) is 0 Å². The first-order valence-electron chi connectivity index (χ1n) is 7.68. The van der Waals surface area contributed by atoms with Crippen LogP contribution < -0.4 is 0 Å². The molecule has 0 saturated carbocycles. The average Bonchev–Trinajstić information content (AvgIpc) is 2.56. The molecule has 1 aliphatic carbocycles. The van der Waals surface area contributed by atoms with Crippen molar-refractivity contribution in [2.45, 2.75) is 25.2 Å². The Kier molecular flexibility index (Phi) is 4.42. The highest BCUT2D eigenvalue weighted by molar-refractivity contribution is 6.13. The largest absolute Gasteiger partial charge is 0.416 e. The molecule has 0 N–H and O–H groups in total. The first-order chi connectivity index (χ1) is 12.1. The zero-order valence-electron chi connectivity index (χ0n) is 13.2. The summed E-state index contributed by atoms with van der Waals surface area (Å²) in [7, 11) is 0. The van der Waals surface area contributed by atoms with Crippen molar-refractivity contribution in [3.8, 4) is 0 Å². The zero-order chi connectivity index (χ0) is 19.1. The van der Waals surface area contributed by atoms with Gasteiger partial charge in [-0.05, 0) is 48.2 Å². The lowest BCUT2D eigenvalue weighted by Crippen LogP contribution is -2.14. The SMILES string of the molecule is O=C1/C(=C\c2cc(C(F)(F)F)cc(C(F)(F)F)c2)CCc2ccccc21. The standard InChI is InChI=1S/C19H12F6O/c20-18(21,22)14-8-11(9-15(10-14)19(23,24)25)7-13-6-5-12-3-1-2-4-16(12)17(13)26/h1-4,7-10H,5-6H2/b13-7-. The van der Waals surface area contributed by atoms with E-state index >= 15 is 0 Å². The van der Waals surface area contributed by atoms with Crippen LogP contribution >= 0.6 is 0 Å². The van der Waals surface area contributed by atoms with Gasteiger partial charge in [0.15, 0.2) is 5.78 Å². The topological polar surface area (TPSA) is 17.1 Å². The number of Topliss-reactive ketones (excluding diaryl/α,β-unsaturated/α-hetero) is 1. The van der Waals surface area contributed by atoms with E-state index in [0.717, 1.165) is 11.6 Å². The Labute approximate surface area is 145 Å². The van der Waals surface area contributed by atoms with Gasteiger partial charge in [-0.3, -0.25) is 4.79 Å². The minimum absolute atomic E-state index is 0.0694. The molecule has 3 rings (SSSR count). The molecule has 136 valence electrons. The van der Waals surface area contributed by atoms with Crippen LogP contribution in [-0.4, -0.2) is 5.78 Å². The van der Waals surface area contributed by atoms with Crippen LogP contribution in [0.4, 0.5) is 26.3 Å². The predicted octanol–water partition coefficient (Wildman–Crippen LogP) is 5.94. The fraction of sp³-hybridized carbons (Fsp3) is 0.211. The summed E-state index contributed by atoms with van der Waals surface area (Å²) in [6, 6.07) is 8.11. The molecule has 0 atom stereocenters. The number of allylic oxidation sites excluding steroid dienone is 1. The molecule has 0 unspecified atom stereocenters. The third-order valence-electron chi connectivity index (χ3n) is 4.17. The number of rotatable bonds is 1. The van der Waals surface area contributed by atoms with Crippen LogP contribution in [0.25, 0.3) is 6.08 Å². The summed E-state index contributed by atoms with van der Waals surface area (Å²) in [5, 5.41) is 0. The van der Waals surface area contributed by atoms with Gasteiger partial charge in [0.25, 0.3) is 0 Å². The zero-order valence-corrected chi connectivity index (χ0v) is 13.2. The van der Waals surface area contributed by atoms with Crippen molar-refractivity contribution in [1.29, 1.82) is 0 Å².